The summed E-state index contributed by atoms with van der Waals surface area (Å²) in [5, 5.41) is 20.2. The third kappa shape index (κ3) is 4.81. The smallest absolute Gasteiger partial charge is 0.262 e. The maximum absolute atomic E-state index is 11.7. The lowest BCUT2D eigenvalue weighted by Gasteiger charge is -2.28. The van der Waals surface area contributed by atoms with Crippen LogP contribution >= 0.6 is 0 Å². The van der Waals surface area contributed by atoms with E-state index in [4.69, 9.17) is 10.4 Å². The highest BCUT2D eigenvalue weighted by Crippen LogP contribution is 2.19. The van der Waals surface area contributed by atoms with E-state index in [1.54, 1.807) is 12.1 Å². The van der Waals surface area contributed by atoms with Gasteiger partial charge in [0.25, 0.3) is 5.91 Å². The fourth-order valence-corrected chi connectivity index (χ4v) is 3.53. The van der Waals surface area contributed by atoms with Crippen molar-refractivity contribution in [2.24, 2.45) is 0 Å². The molecule has 0 unspecified atom stereocenters. The molecule has 7 nitrogen and oxygen atoms in total. The minimum atomic E-state index is -2.92. The van der Waals surface area contributed by atoms with Gasteiger partial charge in [-0.15, -0.1) is 0 Å². The highest BCUT2D eigenvalue weighted by Gasteiger charge is 2.21. The average Bonchev–Trinajstić information content (AvgIpc) is 2.58. The lowest BCUT2D eigenvalue weighted by Crippen LogP contribution is -2.40. The highest BCUT2D eigenvalue weighted by molar-refractivity contribution is 7.91. The van der Waals surface area contributed by atoms with E-state index >= 15 is 0 Å². The normalized spacial score (nSPS) is 17.2. The molecule has 0 spiro atoms. The molecule has 1 heterocycles. The van der Waals surface area contributed by atoms with E-state index in [9.17, 15) is 13.2 Å². The Kier molecular flexibility index (Phi) is 5.95. The van der Waals surface area contributed by atoms with Crippen LogP contribution < -0.4 is 10.2 Å². The molecular weight excluding hydrogens is 330 g/mol. The predicted octanol–water partition coefficient (Wildman–Crippen LogP) is -0.0631. The van der Waals surface area contributed by atoms with Crippen molar-refractivity contribution >= 4 is 27.5 Å². The molecule has 8 heteroatoms. The fourth-order valence-electron chi connectivity index (χ4n) is 2.33. The lowest BCUT2D eigenvalue weighted by atomic mass is 10.1. The van der Waals surface area contributed by atoms with E-state index < -0.39 is 15.7 Å². The van der Waals surface area contributed by atoms with Gasteiger partial charge in [-0.2, -0.15) is 5.26 Å². The van der Waals surface area contributed by atoms with Crippen molar-refractivity contribution in [2.45, 2.75) is 0 Å². The molecule has 1 aromatic carbocycles. The van der Waals surface area contributed by atoms with Crippen molar-refractivity contribution in [1.82, 2.24) is 5.32 Å². The Balaban J connectivity index is 2.07. The van der Waals surface area contributed by atoms with Crippen LogP contribution in [0.4, 0.5) is 5.69 Å². The molecule has 0 bridgehead atoms. The number of aliphatic hydroxyl groups is 1. The van der Waals surface area contributed by atoms with Crippen molar-refractivity contribution < 1.29 is 18.3 Å². The number of hydrogen-bond acceptors (Lipinski definition) is 6. The number of sulfone groups is 1. The van der Waals surface area contributed by atoms with Crippen molar-refractivity contribution in [2.75, 3.05) is 42.6 Å². The summed E-state index contributed by atoms with van der Waals surface area (Å²) in [6.07, 6.45) is 1.47. The minimum absolute atomic E-state index is 0.0414. The number of amides is 1. The molecular formula is C16H19N3O4S. The van der Waals surface area contributed by atoms with Crippen LogP contribution in [0.1, 0.15) is 5.56 Å². The van der Waals surface area contributed by atoms with Crippen LogP contribution in [0.25, 0.3) is 6.08 Å². The number of aliphatic hydroxyl groups excluding tert-OH is 1. The number of anilines is 1. The van der Waals surface area contributed by atoms with Crippen LogP contribution in [-0.4, -0.2) is 57.2 Å². The third-order valence-corrected chi connectivity index (χ3v) is 5.29. The van der Waals surface area contributed by atoms with Gasteiger partial charge in [-0.1, -0.05) is 12.1 Å². The molecule has 1 aromatic rings. The average molecular weight is 349 g/mol. The van der Waals surface area contributed by atoms with E-state index in [-0.39, 0.29) is 30.2 Å². The van der Waals surface area contributed by atoms with Crippen molar-refractivity contribution in [3.63, 3.8) is 0 Å². The molecule has 1 amide bonds. The van der Waals surface area contributed by atoms with E-state index in [1.807, 2.05) is 23.1 Å². The standard InChI is InChI=1S/C16H19N3O4S/c17-12-14(16(21)18-5-8-20)11-13-1-3-15(4-2-13)19-6-9-24(22,23)10-7-19/h1-4,11,20H,5-10H2,(H,18,21). The first kappa shape index (κ1) is 18.0. The van der Waals surface area contributed by atoms with E-state index in [0.717, 1.165) is 5.69 Å². The van der Waals surface area contributed by atoms with Gasteiger partial charge in [0.2, 0.25) is 0 Å². The van der Waals surface area contributed by atoms with Crippen molar-refractivity contribution in [3.8, 4) is 6.07 Å². The quantitative estimate of drug-likeness (QED) is 0.569. The largest absolute Gasteiger partial charge is 0.395 e. The number of benzene rings is 1. The van der Waals surface area contributed by atoms with Crippen LogP contribution in [-0.2, 0) is 14.6 Å². The molecule has 1 saturated heterocycles. The zero-order chi connectivity index (χ0) is 17.6. The molecule has 1 aliphatic rings. The second-order valence-corrected chi connectivity index (χ2v) is 7.68. The summed E-state index contributed by atoms with van der Waals surface area (Å²) >= 11 is 0. The summed E-state index contributed by atoms with van der Waals surface area (Å²) in [6, 6.07) is 9.06. The zero-order valence-electron chi connectivity index (χ0n) is 13.1. The Bertz CT molecular complexity index is 750. The summed E-state index contributed by atoms with van der Waals surface area (Å²) in [6.45, 7) is 0.828. The van der Waals surface area contributed by atoms with Gasteiger partial charge in [0.05, 0.1) is 18.1 Å². The number of nitrogens with zero attached hydrogens (tertiary/aromatic N) is 2. The van der Waals surface area contributed by atoms with Gasteiger partial charge < -0.3 is 15.3 Å². The van der Waals surface area contributed by atoms with Gasteiger partial charge >= 0.3 is 0 Å². The number of nitrogens with one attached hydrogen (secondary N) is 1. The van der Waals surface area contributed by atoms with Gasteiger partial charge in [0.15, 0.2) is 9.84 Å². The van der Waals surface area contributed by atoms with Crippen molar-refractivity contribution in [1.29, 1.82) is 5.26 Å². The van der Waals surface area contributed by atoms with Gasteiger partial charge in [-0.05, 0) is 23.8 Å². The number of rotatable bonds is 5. The second-order valence-electron chi connectivity index (χ2n) is 5.38. The van der Waals surface area contributed by atoms with Crippen LogP contribution in [0, 0.1) is 11.3 Å². The Morgan fingerprint density at radius 2 is 1.92 bits per heavy atom. The number of nitriles is 1. The summed E-state index contributed by atoms with van der Waals surface area (Å²) in [5.74, 6) is -0.229. The Hall–Kier alpha value is -2.37. The second kappa shape index (κ2) is 7.95. The molecule has 0 aliphatic carbocycles. The first-order valence-electron chi connectivity index (χ1n) is 7.51. The maximum atomic E-state index is 11.7. The third-order valence-electron chi connectivity index (χ3n) is 3.68. The van der Waals surface area contributed by atoms with Crippen LogP contribution in [0.2, 0.25) is 0 Å². The first-order chi connectivity index (χ1) is 11.4. The minimum Gasteiger partial charge on any atom is -0.395 e. The lowest BCUT2D eigenvalue weighted by molar-refractivity contribution is -0.117. The first-order valence-corrected chi connectivity index (χ1v) is 9.33. The molecule has 128 valence electrons. The Labute approximate surface area is 141 Å². The summed E-state index contributed by atoms with van der Waals surface area (Å²) in [4.78, 5) is 13.7. The van der Waals surface area contributed by atoms with Crippen LogP contribution in [0.3, 0.4) is 0 Å². The Morgan fingerprint density at radius 3 is 2.46 bits per heavy atom. The van der Waals surface area contributed by atoms with Crippen LogP contribution in [0.15, 0.2) is 29.8 Å². The summed E-state index contributed by atoms with van der Waals surface area (Å²) in [7, 11) is -2.92. The molecule has 0 saturated carbocycles. The molecule has 24 heavy (non-hydrogen) atoms. The predicted molar refractivity (Wildman–Crippen MR) is 91.0 cm³/mol. The molecule has 1 fully saturated rings. The summed E-state index contributed by atoms with van der Waals surface area (Å²) in [5.41, 5.74) is 1.56. The van der Waals surface area contributed by atoms with Gasteiger partial charge in [0.1, 0.15) is 11.6 Å². The van der Waals surface area contributed by atoms with E-state index in [0.29, 0.717) is 18.7 Å². The molecule has 0 atom stereocenters. The van der Waals surface area contributed by atoms with Gasteiger partial charge in [-0.3, -0.25) is 4.79 Å². The topological polar surface area (TPSA) is 111 Å². The number of hydrogen-bond donors (Lipinski definition) is 2. The molecule has 2 N–H and O–H groups in total. The molecule has 0 radical (unpaired) electrons. The van der Waals surface area contributed by atoms with E-state index in [2.05, 4.69) is 5.32 Å². The number of carbonyl (C=O) groups excluding carboxylic acids is 1. The Morgan fingerprint density at radius 1 is 1.29 bits per heavy atom. The SMILES string of the molecule is N#CC(=Cc1ccc(N2CCS(=O)(=O)CC2)cc1)C(=O)NCCO. The number of carbonyl (C=O) groups is 1. The monoisotopic (exact) mass is 349 g/mol. The van der Waals surface area contributed by atoms with E-state index in [1.165, 1.54) is 6.08 Å². The molecule has 2 rings (SSSR count). The molecule has 1 aliphatic heterocycles. The van der Waals surface area contributed by atoms with Gasteiger partial charge in [-0.25, -0.2) is 8.42 Å². The van der Waals surface area contributed by atoms with Crippen LogP contribution in [0.5, 0.6) is 0 Å². The fraction of sp³-hybridized carbons (Fsp3) is 0.375. The maximum Gasteiger partial charge on any atom is 0.262 e. The molecule has 0 aromatic heterocycles. The van der Waals surface area contributed by atoms with Gasteiger partial charge in [0, 0.05) is 25.3 Å². The van der Waals surface area contributed by atoms with Crippen molar-refractivity contribution in [3.05, 3.63) is 35.4 Å². The zero-order valence-corrected chi connectivity index (χ0v) is 13.9. The summed E-state index contributed by atoms with van der Waals surface area (Å²) < 4.78 is 22.9. The highest BCUT2D eigenvalue weighted by atomic mass is 32.2.